The van der Waals surface area contributed by atoms with Gasteiger partial charge in [-0.15, -0.1) is 0 Å². The van der Waals surface area contributed by atoms with E-state index in [-0.39, 0.29) is 12.5 Å². The van der Waals surface area contributed by atoms with E-state index in [2.05, 4.69) is 31.4 Å². The van der Waals surface area contributed by atoms with Gasteiger partial charge >= 0.3 is 0 Å². The van der Waals surface area contributed by atoms with Gasteiger partial charge in [0, 0.05) is 6.92 Å². The molecule has 0 saturated heterocycles. The Bertz CT molecular complexity index is 303. The van der Waals surface area contributed by atoms with Crippen molar-refractivity contribution in [3.05, 3.63) is 0 Å². The highest BCUT2D eigenvalue weighted by Gasteiger charge is 2.17. The van der Waals surface area contributed by atoms with E-state index in [1.807, 2.05) is 0 Å². The first-order chi connectivity index (χ1) is 9.20. The Labute approximate surface area is 120 Å². The molecule has 20 heavy (non-hydrogen) atoms. The topological polar surface area (TPSA) is 127 Å². The van der Waals surface area contributed by atoms with Crippen LogP contribution in [0.4, 0.5) is 0 Å². The summed E-state index contributed by atoms with van der Waals surface area (Å²) in [5.74, 6) is -0.534. The van der Waals surface area contributed by atoms with Crippen LogP contribution in [0.3, 0.4) is 0 Å². The van der Waals surface area contributed by atoms with Gasteiger partial charge in [0.05, 0.1) is 6.54 Å². The Balaban J connectivity index is 0. The Morgan fingerprint density at radius 3 is 2.00 bits per heavy atom. The molecule has 3 amide bonds. The Hall–Kier alpha value is -1.63. The van der Waals surface area contributed by atoms with Crippen molar-refractivity contribution >= 4 is 17.7 Å². The van der Waals surface area contributed by atoms with E-state index in [9.17, 15) is 14.4 Å². The molecule has 0 radical (unpaired) electrons. The van der Waals surface area contributed by atoms with Gasteiger partial charge in [0.2, 0.25) is 17.7 Å². The van der Waals surface area contributed by atoms with Crippen molar-refractivity contribution in [1.29, 1.82) is 0 Å². The maximum atomic E-state index is 11.3. The van der Waals surface area contributed by atoms with Crippen LogP contribution in [-0.4, -0.2) is 36.9 Å². The van der Waals surface area contributed by atoms with E-state index < -0.39 is 17.9 Å². The third kappa shape index (κ3) is 16.4. The summed E-state index contributed by atoms with van der Waals surface area (Å²) in [6.45, 7) is 8.06. The SMILES string of the molecule is CC(=O)NCC(=O)NC(CCCN)C(N)=O.CC(C)C. The largest absolute Gasteiger partial charge is 0.368 e. The van der Waals surface area contributed by atoms with Crippen molar-refractivity contribution in [1.82, 2.24) is 10.6 Å². The van der Waals surface area contributed by atoms with Gasteiger partial charge in [-0.1, -0.05) is 20.8 Å². The van der Waals surface area contributed by atoms with Crippen molar-refractivity contribution in [2.45, 2.75) is 46.6 Å². The van der Waals surface area contributed by atoms with Crippen LogP contribution < -0.4 is 22.1 Å². The molecule has 118 valence electrons. The number of rotatable bonds is 7. The number of amides is 3. The smallest absolute Gasteiger partial charge is 0.240 e. The van der Waals surface area contributed by atoms with E-state index in [4.69, 9.17) is 11.5 Å². The van der Waals surface area contributed by atoms with Crippen LogP contribution >= 0.6 is 0 Å². The van der Waals surface area contributed by atoms with Gasteiger partial charge in [0.25, 0.3) is 0 Å². The molecule has 0 aliphatic rings. The van der Waals surface area contributed by atoms with Gasteiger partial charge in [-0.3, -0.25) is 14.4 Å². The highest BCUT2D eigenvalue weighted by molar-refractivity contribution is 5.89. The summed E-state index contributed by atoms with van der Waals surface area (Å²) in [5.41, 5.74) is 10.4. The first kappa shape index (κ1) is 20.7. The van der Waals surface area contributed by atoms with Gasteiger partial charge in [0.15, 0.2) is 0 Å². The van der Waals surface area contributed by atoms with E-state index in [0.29, 0.717) is 19.4 Å². The van der Waals surface area contributed by atoms with Gasteiger partial charge in [0.1, 0.15) is 6.04 Å². The zero-order valence-electron chi connectivity index (χ0n) is 12.9. The normalized spacial score (nSPS) is 11.1. The molecule has 0 aromatic heterocycles. The number of nitrogens with one attached hydrogen (secondary N) is 2. The lowest BCUT2D eigenvalue weighted by molar-refractivity contribution is -0.128. The molecule has 1 atom stereocenters. The number of carbonyl (C=O) groups is 3. The van der Waals surface area contributed by atoms with E-state index >= 15 is 0 Å². The fourth-order valence-electron chi connectivity index (χ4n) is 1.06. The quantitative estimate of drug-likeness (QED) is 0.503. The summed E-state index contributed by atoms with van der Waals surface area (Å²) in [5, 5.41) is 4.74. The monoisotopic (exact) mass is 288 g/mol. The molecule has 0 aromatic carbocycles. The maximum absolute atomic E-state index is 11.3. The summed E-state index contributed by atoms with van der Waals surface area (Å²) in [6, 6.07) is -0.732. The zero-order chi connectivity index (χ0) is 16.1. The molecule has 0 aromatic rings. The maximum Gasteiger partial charge on any atom is 0.240 e. The van der Waals surface area contributed by atoms with E-state index in [1.54, 1.807) is 0 Å². The summed E-state index contributed by atoms with van der Waals surface area (Å²) in [6.07, 6.45) is 0.992. The van der Waals surface area contributed by atoms with Crippen molar-refractivity contribution in [3.63, 3.8) is 0 Å². The Morgan fingerprint density at radius 2 is 1.65 bits per heavy atom. The first-order valence-electron chi connectivity index (χ1n) is 6.73. The summed E-state index contributed by atoms with van der Waals surface area (Å²) in [7, 11) is 0. The Morgan fingerprint density at radius 1 is 1.15 bits per heavy atom. The second-order valence-electron chi connectivity index (χ2n) is 5.10. The number of primary amides is 1. The molecule has 0 rings (SSSR count). The average Bonchev–Trinajstić information content (AvgIpc) is 2.30. The highest BCUT2D eigenvalue weighted by atomic mass is 16.2. The van der Waals surface area contributed by atoms with Crippen LogP contribution in [0.5, 0.6) is 0 Å². The fourth-order valence-corrected chi connectivity index (χ4v) is 1.06. The number of hydrogen-bond donors (Lipinski definition) is 4. The Kier molecular flexibility index (Phi) is 12.8. The minimum atomic E-state index is -0.732. The van der Waals surface area contributed by atoms with Crippen LogP contribution in [0.15, 0.2) is 0 Å². The fraction of sp³-hybridized carbons (Fsp3) is 0.769. The lowest BCUT2D eigenvalue weighted by Gasteiger charge is -2.14. The van der Waals surface area contributed by atoms with Gasteiger partial charge < -0.3 is 22.1 Å². The average molecular weight is 288 g/mol. The van der Waals surface area contributed by atoms with Crippen LogP contribution in [0.25, 0.3) is 0 Å². The molecule has 0 saturated carbocycles. The van der Waals surface area contributed by atoms with Crippen molar-refractivity contribution < 1.29 is 14.4 Å². The van der Waals surface area contributed by atoms with Crippen LogP contribution in [0.1, 0.15) is 40.5 Å². The molecule has 0 heterocycles. The van der Waals surface area contributed by atoms with Crippen molar-refractivity contribution in [2.75, 3.05) is 13.1 Å². The summed E-state index contributed by atoms with van der Waals surface area (Å²) >= 11 is 0. The molecule has 6 N–H and O–H groups in total. The zero-order valence-corrected chi connectivity index (χ0v) is 12.9. The minimum absolute atomic E-state index is 0.165. The summed E-state index contributed by atoms with van der Waals surface area (Å²) < 4.78 is 0. The van der Waals surface area contributed by atoms with E-state index in [1.165, 1.54) is 6.92 Å². The van der Waals surface area contributed by atoms with Crippen molar-refractivity contribution in [2.24, 2.45) is 17.4 Å². The number of carbonyl (C=O) groups excluding carboxylic acids is 3. The minimum Gasteiger partial charge on any atom is -0.368 e. The second kappa shape index (κ2) is 12.4. The predicted molar refractivity (Wildman–Crippen MR) is 78.6 cm³/mol. The number of nitrogens with two attached hydrogens (primary N) is 2. The molecular formula is C13H28N4O3. The molecule has 7 nitrogen and oxygen atoms in total. The second-order valence-corrected chi connectivity index (χ2v) is 5.10. The summed E-state index contributed by atoms with van der Waals surface area (Å²) in [4.78, 5) is 32.8. The number of hydrogen-bond acceptors (Lipinski definition) is 4. The van der Waals surface area contributed by atoms with Gasteiger partial charge in [-0.05, 0) is 25.3 Å². The molecular weight excluding hydrogens is 260 g/mol. The van der Waals surface area contributed by atoms with Gasteiger partial charge in [-0.25, -0.2) is 0 Å². The van der Waals surface area contributed by atoms with Crippen LogP contribution in [0.2, 0.25) is 0 Å². The lowest BCUT2D eigenvalue weighted by atomic mass is 10.1. The third-order valence-corrected chi connectivity index (χ3v) is 1.87. The molecule has 0 bridgehead atoms. The molecule has 0 fully saturated rings. The van der Waals surface area contributed by atoms with Gasteiger partial charge in [-0.2, -0.15) is 0 Å². The van der Waals surface area contributed by atoms with Crippen LogP contribution in [0, 0.1) is 5.92 Å². The molecule has 0 aliphatic heterocycles. The molecule has 1 unspecified atom stereocenters. The molecule has 0 aliphatic carbocycles. The molecule has 7 heteroatoms. The predicted octanol–water partition coefficient (Wildman–Crippen LogP) is -0.506. The molecule has 0 spiro atoms. The third-order valence-electron chi connectivity index (χ3n) is 1.87. The van der Waals surface area contributed by atoms with E-state index in [0.717, 1.165) is 5.92 Å². The van der Waals surface area contributed by atoms with Crippen LogP contribution in [-0.2, 0) is 14.4 Å². The lowest BCUT2D eigenvalue weighted by Crippen LogP contribution is -2.47. The highest BCUT2D eigenvalue weighted by Crippen LogP contribution is 1.95. The standard InChI is InChI=1S/C9H18N4O3.C4H10/c1-6(14)12-5-8(15)13-7(9(11)16)3-2-4-10;1-4(2)3/h7H,2-5,10H2,1H3,(H2,11,16)(H,12,14)(H,13,15);4H,1-3H3. The first-order valence-corrected chi connectivity index (χ1v) is 6.73. The van der Waals surface area contributed by atoms with Crippen molar-refractivity contribution in [3.8, 4) is 0 Å².